The van der Waals surface area contributed by atoms with Crippen molar-refractivity contribution in [2.75, 3.05) is 0 Å². The fourth-order valence-corrected chi connectivity index (χ4v) is 2.50. The maximum Gasteiger partial charge on any atom is 0.573 e. The van der Waals surface area contributed by atoms with E-state index in [-0.39, 0.29) is 5.56 Å². The number of hydrogen-bond donors (Lipinski definition) is 0. The highest BCUT2D eigenvalue weighted by Gasteiger charge is 2.30. The van der Waals surface area contributed by atoms with E-state index < -0.39 is 17.9 Å². The SMILES string of the molecule is Cc1cc(C=C(F)c2ccc(OC(F)(F)F)cc2)nn1Cc1c[c]ccc1. The molecule has 0 unspecified atom stereocenters. The number of nitrogens with zero attached hydrogens (tertiary/aromatic N) is 2. The van der Waals surface area contributed by atoms with Crippen LogP contribution in [0.4, 0.5) is 17.6 Å². The van der Waals surface area contributed by atoms with Gasteiger partial charge in [0.2, 0.25) is 0 Å². The average molecular weight is 375 g/mol. The zero-order valence-electron chi connectivity index (χ0n) is 14.3. The number of hydrogen-bond acceptors (Lipinski definition) is 2. The molecule has 1 heterocycles. The third-order valence-electron chi connectivity index (χ3n) is 3.74. The Hall–Kier alpha value is -3.09. The molecule has 0 N–H and O–H groups in total. The predicted molar refractivity (Wildman–Crippen MR) is 93.4 cm³/mol. The monoisotopic (exact) mass is 375 g/mol. The van der Waals surface area contributed by atoms with E-state index in [1.807, 2.05) is 25.1 Å². The van der Waals surface area contributed by atoms with Crippen LogP contribution < -0.4 is 4.74 Å². The molecule has 0 atom stereocenters. The Bertz CT molecular complexity index is 929. The molecule has 3 rings (SSSR count). The van der Waals surface area contributed by atoms with Gasteiger partial charge < -0.3 is 4.74 Å². The third kappa shape index (κ3) is 5.20. The van der Waals surface area contributed by atoms with Crippen LogP contribution >= 0.6 is 0 Å². The number of rotatable bonds is 5. The lowest BCUT2D eigenvalue weighted by Crippen LogP contribution is -2.16. The van der Waals surface area contributed by atoms with Crippen molar-refractivity contribution < 1.29 is 22.3 Å². The van der Waals surface area contributed by atoms with Gasteiger partial charge in [-0.05, 0) is 55.0 Å². The molecule has 139 valence electrons. The molecule has 1 radical (unpaired) electrons. The highest BCUT2D eigenvalue weighted by Crippen LogP contribution is 2.26. The molecule has 0 aliphatic carbocycles. The van der Waals surface area contributed by atoms with Crippen LogP contribution in [0.3, 0.4) is 0 Å². The topological polar surface area (TPSA) is 27.1 Å². The molecule has 0 spiro atoms. The smallest absolute Gasteiger partial charge is 0.406 e. The van der Waals surface area contributed by atoms with Crippen LogP contribution in [0.2, 0.25) is 0 Å². The fraction of sp³-hybridized carbons (Fsp3) is 0.150. The molecule has 2 aromatic carbocycles. The number of alkyl halides is 3. The minimum absolute atomic E-state index is 0.134. The molecule has 3 aromatic rings. The molecule has 7 heteroatoms. The second-order valence-electron chi connectivity index (χ2n) is 5.84. The van der Waals surface area contributed by atoms with Gasteiger partial charge in [-0.15, -0.1) is 13.2 Å². The molecule has 0 saturated carbocycles. The zero-order chi connectivity index (χ0) is 19.4. The normalized spacial score (nSPS) is 12.3. The van der Waals surface area contributed by atoms with Crippen LogP contribution in [0, 0.1) is 13.0 Å². The lowest BCUT2D eigenvalue weighted by Gasteiger charge is -2.08. The summed E-state index contributed by atoms with van der Waals surface area (Å²) in [6, 6.07) is 16.7. The predicted octanol–water partition coefficient (Wildman–Crippen LogP) is 5.41. The first-order valence-corrected chi connectivity index (χ1v) is 8.03. The zero-order valence-corrected chi connectivity index (χ0v) is 14.3. The van der Waals surface area contributed by atoms with Gasteiger partial charge in [0.15, 0.2) is 0 Å². The van der Waals surface area contributed by atoms with Gasteiger partial charge in [0.05, 0.1) is 12.2 Å². The Balaban J connectivity index is 1.75. The summed E-state index contributed by atoms with van der Waals surface area (Å²) in [4.78, 5) is 0. The Kier molecular flexibility index (Phi) is 5.30. The molecule has 0 saturated heterocycles. The van der Waals surface area contributed by atoms with E-state index in [4.69, 9.17) is 0 Å². The van der Waals surface area contributed by atoms with E-state index in [9.17, 15) is 17.6 Å². The molecule has 0 fully saturated rings. The van der Waals surface area contributed by atoms with Crippen LogP contribution in [0.25, 0.3) is 11.9 Å². The first-order chi connectivity index (χ1) is 12.8. The molecule has 1 aromatic heterocycles. The van der Waals surface area contributed by atoms with Crippen molar-refractivity contribution in [2.45, 2.75) is 19.8 Å². The molecule has 0 amide bonds. The summed E-state index contributed by atoms with van der Waals surface area (Å²) in [5.41, 5.74) is 2.42. The van der Waals surface area contributed by atoms with Gasteiger partial charge in [-0.3, -0.25) is 4.68 Å². The summed E-state index contributed by atoms with van der Waals surface area (Å²) in [7, 11) is 0. The molecular weight excluding hydrogens is 360 g/mol. The van der Waals surface area contributed by atoms with Gasteiger partial charge in [-0.25, -0.2) is 4.39 Å². The van der Waals surface area contributed by atoms with E-state index in [2.05, 4.69) is 15.9 Å². The molecule has 0 aliphatic rings. The maximum atomic E-state index is 14.4. The Morgan fingerprint density at radius 1 is 1.22 bits per heavy atom. The number of ether oxygens (including phenoxy) is 1. The number of halogens is 4. The number of aryl methyl sites for hydroxylation is 1. The van der Waals surface area contributed by atoms with Gasteiger partial charge >= 0.3 is 6.36 Å². The molecule has 27 heavy (non-hydrogen) atoms. The summed E-state index contributed by atoms with van der Waals surface area (Å²) < 4.78 is 56.4. The Morgan fingerprint density at radius 2 is 1.96 bits per heavy atom. The van der Waals surface area contributed by atoms with Crippen molar-refractivity contribution >= 4 is 11.9 Å². The fourth-order valence-electron chi connectivity index (χ4n) is 2.50. The van der Waals surface area contributed by atoms with E-state index in [1.165, 1.54) is 18.2 Å². The minimum Gasteiger partial charge on any atom is -0.406 e. The Morgan fingerprint density at radius 3 is 2.59 bits per heavy atom. The average Bonchev–Trinajstić information content (AvgIpc) is 2.94. The number of aromatic nitrogens is 2. The quantitative estimate of drug-likeness (QED) is 0.558. The number of benzene rings is 2. The standard InChI is InChI=1S/C20H15F4N2O/c1-14-11-17(25-26(14)13-15-5-3-2-4-6-15)12-19(21)16-7-9-18(10-8-16)27-20(22,23)24/h2-3,5-12H,13H2,1H3. The molecule has 0 aliphatic heterocycles. The summed E-state index contributed by atoms with van der Waals surface area (Å²) in [6.07, 6.45) is -3.54. The summed E-state index contributed by atoms with van der Waals surface area (Å²) in [5, 5.41) is 4.35. The van der Waals surface area contributed by atoms with Crippen LogP contribution in [0.1, 0.15) is 22.5 Å². The summed E-state index contributed by atoms with van der Waals surface area (Å²) in [5.74, 6) is -1.01. The van der Waals surface area contributed by atoms with E-state index in [0.29, 0.717) is 12.2 Å². The van der Waals surface area contributed by atoms with E-state index in [1.54, 1.807) is 16.8 Å². The highest BCUT2D eigenvalue weighted by molar-refractivity contribution is 5.75. The minimum atomic E-state index is -4.78. The largest absolute Gasteiger partial charge is 0.573 e. The van der Waals surface area contributed by atoms with Crippen molar-refractivity contribution in [1.82, 2.24) is 9.78 Å². The van der Waals surface area contributed by atoms with Crippen molar-refractivity contribution in [1.29, 1.82) is 0 Å². The van der Waals surface area contributed by atoms with Crippen molar-refractivity contribution in [2.24, 2.45) is 0 Å². The lowest BCUT2D eigenvalue weighted by molar-refractivity contribution is -0.274. The van der Waals surface area contributed by atoms with Gasteiger partial charge in [0.25, 0.3) is 0 Å². The van der Waals surface area contributed by atoms with Gasteiger partial charge in [-0.1, -0.05) is 18.2 Å². The van der Waals surface area contributed by atoms with Crippen molar-refractivity contribution in [3.8, 4) is 5.75 Å². The Labute approximate surface area is 153 Å². The van der Waals surface area contributed by atoms with Gasteiger partial charge in [0, 0.05) is 17.3 Å². The third-order valence-corrected chi connectivity index (χ3v) is 3.74. The van der Waals surface area contributed by atoms with Crippen LogP contribution in [0.15, 0.2) is 54.6 Å². The van der Waals surface area contributed by atoms with Crippen LogP contribution in [0.5, 0.6) is 5.75 Å². The molecular formula is C20H15F4N2O. The summed E-state index contributed by atoms with van der Waals surface area (Å²) in [6.45, 7) is 2.39. The second-order valence-corrected chi connectivity index (χ2v) is 5.84. The van der Waals surface area contributed by atoms with Gasteiger partial charge in [-0.2, -0.15) is 5.10 Å². The maximum absolute atomic E-state index is 14.4. The molecule has 3 nitrogen and oxygen atoms in total. The first kappa shape index (κ1) is 18.7. The van der Waals surface area contributed by atoms with Crippen molar-refractivity contribution in [3.05, 3.63) is 83.2 Å². The highest BCUT2D eigenvalue weighted by atomic mass is 19.4. The van der Waals surface area contributed by atoms with E-state index in [0.717, 1.165) is 23.4 Å². The van der Waals surface area contributed by atoms with E-state index >= 15 is 0 Å². The lowest BCUT2D eigenvalue weighted by atomic mass is 10.1. The molecule has 0 bridgehead atoms. The second kappa shape index (κ2) is 7.65. The van der Waals surface area contributed by atoms with Gasteiger partial charge in [0.1, 0.15) is 11.6 Å². The van der Waals surface area contributed by atoms with Crippen LogP contribution in [-0.2, 0) is 6.54 Å². The first-order valence-electron chi connectivity index (χ1n) is 8.03. The van der Waals surface area contributed by atoms with Crippen LogP contribution in [-0.4, -0.2) is 16.1 Å². The summed E-state index contributed by atoms with van der Waals surface area (Å²) >= 11 is 0. The van der Waals surface area contributed by atoms with Crippen molar-refractivity contribution in [3.63, 3.8) is 0 Å².